The molecular formula is C15H11F4N3O. The maximum atomic E-state index is 13.9. The Labute approximate surface area is 127 Å². The van der Waals surface area contributed by atoms with Crippen molar-refractivity contribution in [1.29, 1.82) is 0 Å². The van der Waals surface area contributed by atoms with Gasteiger partial charge in [0.1, 0.15) is 5.82 Å². The molecule has 0 fully saturated rings. The van der Waals surface area contributed by atoms with E-state index in [0.717, 1.165) is 6.07 Å². The first kappa shape index (κ1) is 16.5. The van der Waals surface area contributed by atoms with E-state index in [1.54, 1.807) is 0 Å². The molecule has 0 saturated carbocycles. The molecule has 0 radical (unpaired) electrons. The number of hydrogen-bond donors (Lipinski definition) is 3. The summed E-state index contributed by atoms with van der Waals surface area (Å²) < 4.78 is 40.3. The summed E-state index contributed by atoms with van der Waals surface area (Å²) in [6, 6.07) is 7.43. The number of benzene rings is 2. The molecule has 23 heavy (non-hydrogen) atoms. The summed E-state index contributed by atoms with van der Waals surface area (Å²) >= 11 is 0. The first-order valence-corrected chi connectivity index (χ1v) is 6.29. The van der Waals surface area contributed by atoms with E-state index >= 15 is 0 Å². The van der Waals surface area contributed by atoms with E-state index in [0.29, 0.717) is 5.56 Å². The lowest BCUT2D eigenvalue weighted by Gasteiger charge is -2.03. The van der Waals surface area contributed by atoms with Crippen molar-refractivity contribution in [2.45, 2.75) is 0 Å². The number of rotatable bonds is 2. The molecule has 3 rings (SSSR count). The van der Waals surface area contributed by atoms with E-state index in [9.17, 15) is 18.0 Å². The number of nitrogen functional groups attached to an aromatic ring is 1. The zero-order valence-electron chi connectivity index (χ0n) is 11.5. The van der Waals surface area contributed by atoms with Gasteiger partial charge in [-0.2, -0.15) is 0 Å². The van der Waals surface area contributed by atoms with Gasteiger partial charge in [-0.1, -0.05) is 0 Å². The molecule has 0 atom stereocenters. The molecule has 120 valence electrons. The number of hydrogen-bond acceptors (Lipinski definition) is 2. The SMILES string of the molecule is F.NNC(=O)c1c(-c2ccc(F)cc2)[nH]c2c(F)c(F)ccc12. The van der Waals surface area contributed by atoms with Crippen LogP contribution in [0.15, 0.2) is 36.4 Å². The number of aromatic nitrogens is 1. The molecule has 4 nitrogen and oxygen atoms in total. The molecule has 0 aliphatic carbocycles. The van der Waals surface area contributed by atoms with Crippen LogP contribution in [-0.2, 0) is 0 Å². The third-order valence-electron chi connectivity index (χ3n) is 3.36. The van der Waals surface area contributed by atoms with Gasteiger partial charge in [0, 0.05) is 5.39 Å². The quantitative estimate of drug-likeness (QED) is 0.293. The Hall–Kier alpha value is -2.87. The van der Waals surface area contributed by atoms with Gasteiger partial charge in [-0.15, -0.1) is 0 Å². The molecule has 0 spiro atoms. The largest absolute Gasteiger partial charge is 0.351 e. The number of carbonyl (C=O) groups is 1. The highest BCUT2D eigenvalue weighted by Crippen LogP contribution is 2.32. The second-order valence-electron chi connectivity index (χ2n) is 4.64. The van der Waals surface area contributed by atoms with Crippen molar-refractivity contribution in [1.82, 2.24) is 10.4 Å². The van der Waals surface area contributed by atoms with E-state index in [1.165, 1.54) is 30.3 Å². The van der Waals surface area contributed by atoms with Crippen LogP contribution in [0.5, 0.6) is 0 Å². The molecule has 4 N–H and O–H groups in total. The third kappa shape index (κ3) is 2.64. The molecule has 2 aromatic carbocycles. The van der Waals surface area contributed by atoms with Gasteiger partial charge < -0.3 is 4.98 Å². The summed E-state index contributed by atoms with van der Waals surface area (Å²) in [4.78, 5) is 14.7. The Morgan fingerprint density at radius 1 is 1.04 bits per heavy atom. The average Bonchev–Trinajstić information content (AvgIpc) is 2.91. The zero-order chi connectivity index (χ0) is 15.9. The molecule has 1 amide bonds. The maximum absolute atomic E-state index is 13.9. The number of carbonyl (C=O) groups excluding carboxylic acids is 1. The van der Waals surface area contributed by atoms with Crippen LogP contribution in [-0.4, -0.2) is 10.9 Å². The minimum absolute atomic E-state index is 0. The molecule has 3 aromatic rings. The monoisotopic (exact) mass is 325 g/mol. The number of amides is 1. The first-order chi connectivity index (χ1) is 10.5. The van der Waals surface area contributed by atoms with Gasteiger partial charge in [0.05, 0.1) is 16.8 Å². The fourth-order valence-corrected chi connectivity index (χ4v) is 2.34. The Kier molecular flexibility index (Phi) is 4.37. The highest BCUT2D eigenvalue weighted by atomic mass is 19.2. The topological polar surface area (TPSA) is 70.9 Å². The van der Waals surface area contributed by atoms with E-state index in [4.69, 9.17) is 5.84 Å². The van der Waals surface area contributed by atoms with Crippen LogP contribution in [0.4, 0.5) is 17.9 Å². The Morgan fingerprint density at radius 2 is 1.70 bits per heavy atom. The van der Waals surface area contributed by atoms with Crippen molar-refractivity contribution in [2.75, 3.05) is 0 Å². The highest BCUT2D eigenvalue weighted by molar-refractivity contribution is 6.12. The second kappa shape index (κ2) is 6.09. The lowest BCUT2D eigenvalue weighted by molar-refractivity contribution is 0.0956. The van der Waals surface area contributed by atoms with Crippen LogP contribution in [0.3, 0.4) is 0 Å². The van der Waals surface area contributed by atoms with Gasteiger partial charge in [0.25, 0.3) is 5.91 Å². The fourth-order valence-electron chi connectivity index (χ4n) is 2.34. The predicted molar refractivity (Wildman–Crippen MR) is 77.8 cm³/mol. The third-order valence-corrected chi connectivity index (χ3v) is 3.36. The first-order valence-electron chi connectivity index (χ1n) is 6.29. The van der Waals surface area contributed by atoms with E-state index in [-0.39, 0.29) is 26.9 Å². The second-order valence-corrected chi connectivity index (χ2v) is 4.64. The van der Waals surface area contributed by atoms with Gasteiger partial charge in [-0.05, 0) is 42.0 Å². The maximum Gasteiger partial charge on any atom is 0.267 e. The number of nitrogens with one attached hydrogen (secondary N) is 2. The summed E-state index contributed by atoms with van der Waals surface area (Å²) in [5.74, 6) is 1.88. The van der Waals surface area contributed by atoms with Crippen molar-refractivity contribution in [3.05, 3.63) is 59.4 Å². The summed E-state index contributed by atoms with van der Waals surface area (Å²) in [7, 11) is 0. The van der Waals surface area contributed by atoms with Gasteiger partial charge >= 0.3 is 0 Å². The van der Waals surface area contributed by atoms with E-state index in [1.807, 2.05) is 5.43 Å². The molecule has 1 aromatic heterocycles. The minimum Gasteiger partial charge on any atom is -0.351 e. The van der Waals surface area contributed by atoms with Crippen molar-refractivity contribution >= 4 is 16.8 Å². The standard InChI is InChI=1S/C15H10F3N3O.FH/c16-8-3-1-7(2-4-8)13-11(15(22)21-19)9-5-6-10(17)12(18)14(9)20-13;/h1-6,20H,19H2,(H,21,22);1H. The normalized spacial score (nSPS) is 10.4. The Balaban J connectivity index is 0.00000192. The van der Waals surface area contributed by atoms with Crippen LogP contribution in [0, 0.1) is 17.5 Å². The lowest BCUT2D eigenvalue weighted by Crippen LogP contribution is -2.30. The van der Waals surface area contributed by atoms with Crippen LogP contribution < -0.4 is 11.3 Å². The smallest absolute Gasteiger partial charge is 0.267 e. The molecule has 0 aliphatic heterocycles. The molecule has 1 heterocycles. The molecule has 0 unspecified atom stereocenters. The summed E-state index contributed by atoms with van der Waals surface area (Å²) in [5.41, 5.74) is 2.53. The van der Waals surface area contributed by atoms with Crippen LogP contribution in [0.2, 0.25) is 0 Å². The molecule has 0 bridgehead atoms. The van der Waals surface area contributed by atoms with Crippen molar-refractivity contribution < 1.29 is 22.7 Å². The Bertz CT molecular complexity index is 875. The van der Waals surface area contributed by atoms with Gasteiger partial charge in [0.2, 0.25) is 0 Å². The predicted octanol–water partition coefficient (Wildman–Crippen LogP) is 3.01. The van der Waals surface area contributed by atoms with Crippen molar-refractivity contribution in [3.63, 3.8) is 0 Å². The molecular weight excluding hydrogens is 314 g/mol. The number of H-pyrrole nitrogens is 1. The number of halogens is 4. The summed E-state index contributed by atoms with van der Waals surface area (Å²) in [5, 5.41) is 0.182. The lowest BCUT2D eigenvalue weighted by atomic mass is 10.0. The van der Waals surface area contributed by atoms with Gasteiger partial charge in [-0.3, -0.25) is 14.9 Å². The van der Waals surface area contributed by atoms with Crippen molar-refractivity contribution in [2.24, 2.45) is 5.84 Å². The van der Waals surface area contributed by atoms with Crippen LogP contribution >= 0.6 is 0 Å². The summed E-state index contributed by atoms with van der Waals surface area (Å²) in [6.07, 6.45) is 0. The number of aromatic amines is 1. The highest BCUT2D eigenvalue weighted by Gasteiger charge is 2.22. The van der Waals surface area contributed by atoms with Crippen LogP contribution in [0.1, 0.15) is 10.4 Å². The zero-order valence-corrected chi connectivity index (χ0v) is 11.5. The molecule has 8 heteroatoms. The Morgan fingerprint density at radius 3 is 2.30 bits per heavy atom. The number of fused-ring (bicyclic) bond motifs is 1. The van der Waals surface area contributed by atoms with Crippen molar-refractivity contribution in [3.8, 4) is 11.3 Å². The minimum atomic E-state index is -1.10. The van der Waals surface area contributed by atoms with Gasteiger partial charge in [0.15, 0.2) is 11.6 Å². The van der Waals surface area contributed by atoms with Gasteiger partial charge in [-0.25, -0.2) is 19.0 Å². The number of hydrazine groups is 1. The molecule has 0 saturated heterocycles. The fraction of sp³-hybridized carbons (Fsp3) is 0. The molecule has 0 aliphatic rings. The number of nitrogens with two attached hydrogens (primary N) is 1. The van der Waals surface area contributed by atoms with Crippen LogP contribution in [0.25, 0.3) is 22.2 Å². The average molecular weight is 325 g/mol. The van der Waals surface area contributed by atoms with E-state index < -0.39 is 23.4 Å². The van der Waals surface area contributed by atoms with E-state index in [2.05, 4.69) is 4.98 Å². The summed E-state index contributed by atoms with van der Waals surface area (Å²) in [6.45, 7) is 0.